The summed E-state index contributed by atoms with van der Waals surface area (Å²) in [5.74, 6) is -16.6. The largest absolute Gasteiger partial charge is 0.394 e. The van der Waals surface area contributed by atoms with Crippen LogP contribution < -0.4 is 75.7 Å². The molecule has 8 rings (SSSR count). The Morgan fingerprint density at radius 3 is 1.65 bits per heavy atom. The zero-order chi connectivity index (χ0) is 95.9. The Bertz CT molecular complexity index is 5020. The summed E-state index contributed by atoms with van der Waals surface area (Å²) in [4.78, 5) is 268. The summed E-state index contributed by atoms with van der Waals surface area (Å²) >= 11 is 0. The first kappa shape index (κ1) is 103. The van der Waals surface area contributed by atoms with Crippen LogP contribution in [0, 0.1) is 11.3 Å². The zero-order valence-electron chi connectivity index (χ0n) is 75.5. The van der Waals surface area contributed by atoms with Gasteiger partial charge in [-0.1, -0.05) is 120 Å². The number of aliphatic hydroxyl groups is 1. The van der Waals surface area contributed by atoms with Gasteiger partial charge in [0.05, 0.1) is 32.4 Å². The van der Waals surface area contributed by atoms with Crippen LogP contribution in [0.4, 0.5) is 0 Å². The molecule has 3 aromatic heterocycles. The molecule has 0 spiro atoms. The standard InChI is InChI=1S/C89H126N24O18/c1-10-12-30-69-82(125)103-60(29-21-35-95-89(92)93)78(121)102-61(77(120)98-46-73(91)116)33-34-74(117)101-65(38-52-23-15-14-16-24-52)85(128)110(7)51(5)76(119)105-67(42-72(90)115)87(130)113-36-22-32-70(113)83(126)104-63(41-55-45-94-49-99-55)80(123)106-64(37-50(3)4)84(127)109(6)47-75(118)100-62(39-53-43-96-58-27-19-17-25-56(53)58)79(122)108-68(48-114)81(124)107-66(40-54-44-97-59-28-20-18-26-57(54)59)86(129)112(9)71(31-13-11-2)88(131)111(69)8/h14-20,23-28,43-45,49-51,60-71,96-97,114H,10-13,21-22,29-42,46-48H2,1-9H3,(H2,90,115)(H2,91,116)(H,94,99)(H,98,120)(H,100,118)(H,101,117)(H,102,121)(H,103,125)(H,104,126)(H,105,119)(H,106,123)(H,107,124)(H,108,122)(H4,92,93,95)/t51-,60-,61-,62-,63-,64-,65-,66-,67-,68-,69-,70-,71-/m0/s1. The first-order chi connectivity index (χ1) is 62.4. The number of carbonyl (C=O) groups is 17. The number of aliphatic hydroxyl groups excluding tert-OH is 1. The van der Waals surface area contributed by atoms with Crippen molar-refractivity contribution >= 4 is 128 Å². The quantitative estimate of drug-likeness (QED) is 0.0157. The van der Waals surface area contributed by atoms with Crippen LogP contribution in [0.1, 0.15) is 147 Å². The molecule has 710 valence electrons. The van der Waals surface area contributed by atoms with Crippen molar-refractivity contribution in [1.82, 2.24) is 103 Å². The normalized spacial score (nSPS) is 23.5. The lowest BCUT2D eigenvalue weighted by molar-refractivity contribution is -0.149. The Balaban J connectivity index is 1.19. The van der Waals surface area contributed by atoms with Crippen molar-refractivity contribution in [2.45, 2.75) is 229 Å². The second kappa shape index (κ2) is 49.6. The molecule has 0 saturated carbocycles. The molecule has 22 N–H and O–H groups in total. The average molecular weight is 1820 g/mol. The number of para-hydroxylation sites is 2. The number of aromatic amines is 3. The number of imidazole rings is 1. The smallest absolute Gasteiger partial charge is 0.246 e. The maximum atomic E-state index is 15.7. The molecular formula is C89H126N24O18. The number of hydrogen-bond donors (Lipinski definition) is 19. The highest BCUT2D eigenvalue weighted by Crippen LogP contribution is 2.26. The van der Waals surface area contributed by atoms with Crippen LogP contribution in [-0.2, 0) is 107 Å². The minimum absolute atomic E-state index is 0.000681. The molecule has 0 radical (unpaired) electrons. The van der Waals surface area contributed by atoms with Crippen LogP contribution >= 0.6 is 0 Å². The number of aromatic nitrogens is 4. The van der Waals surface area contributed by atoms with Crippen molar-refractivity contribution < 1.29 is 86.6 Å². The zero-order valence-corrected chi connectivity index (χ0v) is 75.5. The van der Waals surface area contributed by atoms with Gasteiger partial charge in [-0.15, -0.1) is 0 Å². The molecule has 5 heterocycles. The Labute approximate surface area is 758 Å². The van der Waals surface area contributed by atoms with E-state index in [-0.39, 0.29) is 89.6 Å². The molecule has 0 aliphatic carbocycles. The van der Waals surface area contributed by atoms with Crippen molar-refractivity contribution in [3.05, 3.63) is 126 Å². The van der Waals surface area contributed by atoms with Gasteiger partial charge in [-0.2, -0.15) is 0 Å². The number of hydrogen-bond acceptors (Lipinski definition) is 20. The topological polar surface area (TPSA) is 621 Å². The maximum absolute atomic E-state index is 15.7. The number of guanidine groups is 1. The summed E-state index contributed by atoms with van der Waals surface area (Å²) in [5.41, 5.74) is 20.0. The van der Waals surface area contributed by atoms with Crippen molar-refractivity contribution in [3.8, 4) is 0 Å². The maximum Gasteiger partial charge on any atom is 0.246 e. The van der Waals surface area contributed by atoms with Gasteiger partial charge in [0.15, 0.2) is 5.96 Å². The summed E-state index contributed by atoms with van der Waals surface area (Å²) in [6.45, 7) is 5.83. The number of carbonyl (C=O) groups excluding carboxylic acids is 17. The minimum Gasteiger partial charge on any atom is -0.394 e. The molecule has 131 heavy (non-hydrogen) atoms. The lowest BCUT2D eigenvalue weighted by Gasteiger charge is -2.36. The molecule has 6 aromatic rings. The third-order valence-corrected chi connectivity index (χ3v) is 23.3. The van der Waals surface area contributed by atoms with E-state index in [4.69, 9.17) is 22.6 Å². The van der Waals surface area contributed by atoms with E-state index in [1.807, 2.05) is 13.8 Å². The van der Waals surface area contributed by atoms with E-state index >= 15 is 24.0 Å². The van der Waals surface area contributed by atoms with Gasteiger partial charge in [0, 0.05) is 119 Å². The summed E-state index contributed by atoms with van der Waals surface area (Å²) in [6.07, 6.45) is 4.63. The third kappa shape index (κ3) is 29.6. The Kier molecular flexibility index (Phi) is 38.9. The van der Waals surface area contributed by atoms with Gasteiger partial charge < -0.3 is 120 Å². The van der Waals surface area contributed by atoms with Crippen LogP contribution in [-0.4, -0.2) is 295 Å². The number of primary amides is 2. The predicted octanol–water partition coefficient (Wildman–Crippen LogP) is -2.09. The number of nitrogens with two attached hydrogens (primary N) is 3. The number of amides is 17. The number of nitrogens with one attached hydrogen (secondary N) is 15. The molecule has 0 unspecified atom stereocenters. The molecular weight excluding hydrogens is 1690 g/mol. The summed E-state index contributed by atoms with van der Waals surface area (Å²) in [5, 5.41) is 49.3. The Morgan fingerprint density at radius 1 is 0.519 bits per heavy atom. The van der Waals surface area contributed by atoms with E-state index in [9.17, 15) is 62.6 Å². The number of rotatable bonds is 26. The summed E-state index contributed by atoms with van der Waals surface area (Å²) in [7, 11) is 5.22. The lowest BCUT2D eigenvalue weighted by Crippen LogP contribution is -2.61. The van der Waals surface area contributed by atoms with Crippen molar-refractivity contribution in [2.75, 3.05) is 61.0 Å². The van der Waals surface area contributed by atoms with E-state index in [1.54, 1.807) is 105 Å². The molecule has 2 aliphatic rings. The summed E-state index contributed by atoms with van der Waals surface area (Å²) < 4.78 is 0. The third-order valence-electron chi connectivity index (χ3n) is 23.3. The Morgan fingerprint density at radius 2 is 1.05 bits per heavy atom. The molecule has 3 aromatic carbocycles. The second-order valence-corrected chi connectivity index (χ2v) is 33.7. The van der Waals surface area contributed by atoms with Gasteiger partial charge in [-0.25, -0.2) is 4.98 Å². The lowest BCUT2D eigenvalue weighted by atomic mass is 10.00. The van der Waals surface area contributed by atoms with Crippen LogP contribution in [0.25, 0.3) is 21.8 Å². The van der Waals surface area contributed by atoms with E-state index in [0.717, 1.165) is 24.5 Å². The predicted molar refractivity (Wildman–Crippen MR) is 482 cm³/mol. The number of nitrogens with zero attached hydrogens (tertiary/aromatic N) is 6. The highest BCUT2D eigenvalue weighted by molar-refractivity contribution is 6.02. The van der Waals surface area contributed by atoms with Gasteiger partial charge >= 0.3 is 0 Å². The molecule has 17 amide bonds. The highest BCUT2D eigenvalue weighted by atomic mass is 16.3. The van der Waals surface area contributed by atoms with Crippen LogP contribution in [0.15, 0.2) is 104 Å². The molecule has 2 fully saturated rings. The summed E-state index contributed by atoms with van der Waals surface area (Å²) in [6, 6.07) is 2.51. The number of benzene rings is 3. The van der Waals surface area contributed by atoms with Crippen LogP contribution in [0.3, 0.4) is 0 Å². The SMILES string of the molecule is CCCC[C@H]1C(=O)N(C)[C@@H](CCCC)C(=O)N[C@@H](CCCNC(=N)N)C(=O)N[C@H](C(=O)NCC(N)=O)CCC(=O)N[C@@H](Cc2ccccc2)C(=O)N(C)[C@@H](C)C(=O)N[C@@H](CC(N)=O)C(=O)N2CCC[C@H]2C(=O)N[C@@H](Cc2cnc[nH]2)C(=O)N[C@@H](CC(C)C)C(=O)N(C)CC(=O)N[C@@H](Cc2c[nH]c3ccccc23)C(=O)N[C@@H](CO)C(=O)N[C@@H](Cc2c[nH]c3ccccc23)C(=O)N1C. The molecule has 42 heteroatoms. The monoisotopic (exact) mass is 1820 g/mol. The molecule has 42 nitrogen and oxygen atoms in total. The fourth-order valence-electron chi connectivity index (χ4n) is 15.9. The van der Waals surface area contributed by atoms with Gasteiger partial charge in [0.2, 0.25) is 100 Å². The number of likely N-dealkylation sites (N-methyl/N-ethyl adjacent to an activating group) is 4. The van der Waals surface area contributed by atoms with E-state index in [0.29, 0.717) is 69.9 Å². The first-order valence-electron chi connectivity index (χ1n) is 44.1. The first-order valence-corrected chi connectivity index (χ1v) is 44.1. The number of fused-ring (bicyclic) bond motifs is 3. The van der Waals surface area contributed by atoms with Crippen LogP contribution in [0.2, 0.25) is 0 Å². The number of unbranched alkanes of at least 4 members (excludes halogenated alkanes) is 2. The van der Waals surface area contributed by atoms with Crippen molar-refractivity contribution in [3.63, 3.8) is 0 Å². The van der Waals surface area contributed by atoms with E-state index in [1.165, 1.54) is 47.6 Å². The minimum atomic E-state index is -1.85. The van der Waals surface area contributed by atoms with Gasteiger partial charge in [-0.05, 0) is 93.0 Å². The van der Waals surface area contributed by atoms with Crippen molar-refractivity contribution in [1.29, 1.82) is 5.41 Å². The molecule has 0 bridgehead atoms. The average Bonchev–Trinajstić information content (AvgIpc) is 1.26. The van der Waals surface area contributed by atoms with Crippen LogP contribution in [0.5, 0.6) is 0 Å². The van der Waals surface area contributed by atoms with Gasteiger partial charge in [0.25, 0.3) is 0 Å². The van der Waals surface area contributed by atoms with Crippen molar-refractivity contribution in [2.24, 2.45) is 23.1 Å². The van der Waals surface area contributed by atoms with E-state index < -0.39 is 224 Å². The highest BCUT2D eigenvalue weighted by Gasteiger charge is 2.44. The molecule has 13 atom stereocenters. The second-order valence-electron chi connectivity index (χ2n) is 33.7. The Hall–Kier alpha value is -13.8. The van der Waals surface area contributed by atoms with E-state index in [2.05, 4.69) is 78.4 Å². The molecule has 2 aliphatic heterocycles. The van der Waals surface area contributed by atoms with Gasteiger partial charge in [0.1, 0.15) is 78.5 Å². The molecule has 2 saturated heterocycles. The number of H-pyrrole nitrogens is 3. The fraction of sp³-hybridized carbons (Fsp3) is 0.517. The van der Waals surface area contributed by atoms with Gasteiger partial charge in [-0.3, -0.25) is 86.9 Å². The fourth-order valence-corrected chi connectivity index (χ4v) is 15.9.